The molecule has 0 amide bonds. The number of ether oxygens (including phenoxy) is 2. The Hall–Kier alpha value is -2.31. The fraction of sp³-hybridized carbons (Fsp3) is 0.533. The Balaban J connectivity index is 2.10. The molecule has 0 saturated heterocycles. The van der Waals surface area contributed by atoms with E-state index in [2.05, 4.69) is 10.2 Å². The van der Waals surface area contributed by atoms with Crippen molar-refractivity contribution in [3.63, 3.8) is 0 Å². The first kappa shape index (κ1) is 14.6. The van der Waals surface area contributed by atoms with E-state index in [0.717, 1.165) is 19.5 Å². The van der Waals surface area contributed by atoms with Crippen molar-refractivity contribution < 1.29 is 14.3 Å². The third kappa shape index (κ3) is 2.47. The van der Waals surface area contributed by atoms with Gasteiger partial charge >= 0.3 is 5.97 Å². The summed E-state index contributed by atoms with van der Waals surface area (Å²) in [5.41, 5.74) is 1.55. The van der Waals surface area contributed by atoms with Gasteiger partial charge in [0.1, 0.15) is 11.4 Å². The summed E-state index contributed by atoms with van der Waals surface area (Å²) in [6.07, 6.45) is 2.78. The van der Waals surface area contributed by atoms with Crippen molar-refractivity contribution in [1.82, 2.24) is 19.6 Å². The van der Waals surface area contributed by atoms with E-state index in [1.807, 2.05) is 26.1 Å². The van der Waals surface area contributed by atoms with Crippen molar-refractivity contribution in [2.75, 3.05) is 6.61 Å². The van der Waals surface area contributed by atoms with E-state index in [9.17, 15) is 4.79 Å². The highest BCUT2D eigenvalue weighted by molar-refractivity contribution is 5.98. The summed E-state index contributed by atoms with van der Waals surface area (Å²) in [5.74, 6) is 0.0668. The van der Waals surface area contributed by atoms with Gasteiger partial charge in [0.05, 0.1) is 12.7 Å². The van der Waals surface area contributed by atoms with Gasteiger partial charge in [0, 0.05) is 25.7 Å². The first-order valence-electron chi connectivity index (χ1n) is 7.62. The highest BCUT2D eigenvalue weighted by Gasteiger charge is 2.31. The zero-order valence-corrected chi connectivity index (χ0v) is 13.1. The third-order valence-electron chi connectivity index (χ3n) is 3.65. The highest BCUT2D eigenvalue weighted by Crippen LogP contribution is 2.33. The second-order valence-corrected chi connectivity index (χ2v) is 5.25. The van der Waals surface area contributed by atoms with Gasteiger partial charge in [-0.3, -0.25) is 4.68 Å². The number of esters is 1. The lowest BCUT2D eigenvalue weighted by atomic mass is 10.2. The lowest BCUT2D eigenvalue weighted by Crippen LogP contribution is -2.24. The molecular formula is C15H20N4O3. The molecule has 1 aliphatic heterocycles. The summed E-state index contributed by atoms with van der Waals surface area (Å²) in [6.45, 7) is 7.56. The molecule has 0 unspecified atom stereocenters. The summed E-state index contributed by atoms with van der Waals surface area (Å²) in [5, 5.41) is 8.96. The first-order chi connectivity index (χ1) is 10.6. The van der Waals surface area contributed by atoms with Gasteiger partial charge in [-0.05, 0) is 26.8 Å². The Morgan fingerprint density at radius 3 is 2.95 bits per heavy atom. The standard InChI is InChI=1S/C15H20N4O3/c1-4-18-8-7-11(16-18)13-12(15(20)21-5-2)14-19(17-13)9-6-10(3)22-14/h7-8,10H,4-6,9H2,1-3H3/t10-/m1/s1. The lowest BCUT2D eigenvalue weighted by molar-refractivity contribution is 0.0515. The van der Waals surface area contributed by atoms with Crippen molar-refractivity contribution >= 4 is 5.97 Å². The van der Waals surface area contributed by atoms with E-state index in [1.54, 1.807) is 16.3 Å². The quantitative estimate of drug-likeness (QED) is 0.809. The predicted octanol–water partition coefficient (Wildman–Crippen LogP) is 2.11. The van der Waals surface area contributed by atoms with Crippen LogP contribution >= 0.6 is 0 Å². The van der Waals surface area contributed by atoms with Crippen molar-refractivity contribution in [2.24, 2.45) is 0 Å². The molecule has 0 radical (unpaired) electrons. The Labute approximate surface area is 128 Å². The van der Waals surface area contributed by atoms with Crippen LogP contribution < -0.4 is 4.74 Å². The molecule has 0 aromatic carbocycles. The molecule has 2 aromatic rings. The predicted molar refractivity (Wildman–Crippen MR) is 79.8 cm³/mol. The fourth-order valence-electron chi connectivity index (χ4n) is 2.50. The van der Waals surface area contributed by atoms with Crippen LogP contribution in [-0.4, -0.2) is 38.2 Å². The number of rotatable bonds is 4. The average molecular weight is 304 g/mol. The molecule has 0 aliphatic carbocycles. The molecule has 0 N–H and O–H groups in total. The Morgan fingerprint density at radius 2 is 2.27 bits per heavy atom. The van der Waals surface area contributed by atoms with Gasteiger partial charge in [-0.15, -0.1) is 0 Å². The van der Waals surface area contributed by atoms with Crippen LogP contribution in [0.4, 0.5) is 0 Å². The summed E-state index contributed by atoms with van der Waals surface area (Å²) in [6, 6.07) is 1.85. The fourth-order valence-corrected chi connectivity index (χ4v) is 2.50. The molecule has 2 aromatic heterocycles. The molecule has 22 heavy (non-hydrogen) atoms. The van der Waals surface area contributed by atoms with Crippen LogP contribution in [0.25, 0.3) is 11.4 Å². The van der Waals surface area contributed by atoms with Crippen LogP contribution in [0.15, 0.2) is 12.3 Å². The third-order valence-corrected chi connectivity index (χ3v) is 3.65. The minimum Gasteiger partial charge on any atom is -0.474 e. The summed E-state index contributed by atoms with van der Waals surface area (Å²) in [7, 11) is 0. The average Bonchev–Trinajstić information content (AvgIpc) is 3.10. The largest absolute Gasteiger partial charge is 0.474 e. The van der Waals surface area contributed by atoms with E-state index in [1.165, 1.54) is 0 Å². The molecule has 1 atom stereocenters. The van der Waals surface area contributed by atoms with Crippen LogP contribution in [0.3, 0.4) is 0 Å². The SMILES string of the molecule is CCOC(=O)c1c(-c2ccn(CC)n2)nn2c1O[C@H](C)CC2. The number of hydrogen-bond donors (Lipinski definition) is 0. The highest BCUT2D eigenvalue weighted by atomic mass is 16.5. The molecule has 0 fully saturated rings. The number of aromatic nitrogens is 4. The Morgan fingerprint density at radius 1 is 1.45 bits per heavy atom. The van der Waals surface area contributed by atoms with Crippen molar-refractivity contribution in [3.8, 4) is 17.3 Å². The number of fused-ring (bicyclic) bond motifs is 1. The van der Waals surface area contributed by atoms with Gasteiger partial charge in [-0.2, -0.15) is 10.2 Å². The van der Waals surface area contributed by atoms with Crippen molar-refractivity contribution in [3.05, 3.63) is 17.8 Å². The molecule has 3 heterocycles. The van der Waals surface area contributed by atoms with E-state index in [-0.39, 0.29) is 6.10 Å². The zero-order chi connectivity index (χ0) is 15.7. The maximum atomic E-state index is 12.4. The molecule has 0 spiro atoms. The lowest BCUT2D eigenvalue weighted by Gasteiger charge is -2.21. The van der Waals surface area contributed by atoms with E-state index < -0.39 is 5.97 Å². The molecule has 0 bridgehead atoms. The molecule has 118 valence electrons. The maximum absolute atomic E-state index is 12.4. The number of nitrogens with zero attached hydrogens (tertiary/aromatic N) is 4. The molecule has 7 nitrogen and oxygen atoms in total. The van der Waals surface area contributed by atoms with Crippen molar-refractivity contribution in [1.29, 1.82) is 0 Å². The number of carbonyl (C=O) groups excluding carboxylic acids is 1. The van der Waals surface area contributed by atoms with Gasteiger partial charge in [0.2, 0.25) is 5.88 Å². The minimum atomic E-state index is -0.418. The normalized spacial score (nSPS) is 17.0. The van der Waals surface area contributed by atoms with Crippen LogP contribution in [-0.2, 0) is 17.8 Å². The van der Waals surface area contributed by atoms with Gasteiger partial charge in [-0.25, -0.2) is 9.48 Å². The van der Waals surface area contributed by atoms with Crippen LogP contribution in [0, 0.1) is 0 Å². The number of aryl methyl sites for hydroxylation is 2. The molecule has 0 saturated carbocycles. The van der Waals surface area contributed by atoms with Crippen LogP contribution in [0.5, 0.6) is 5.88 Å². The monoisotopic (exact) mass is 304 g/mol. The Kier molecular flexibility index (Phi) is 3.87. The summed E-state index contributed by atoms with van der Waals surface area (Å²) in [4.78, 5) is 12.4. The molecule has 7 heteroatoms. The van der Waals surface area contributed by atoms with E-state index in [0.29, 0.717) is 29.4 Å². The van der Waals surface area contributed by atoms with Crippen molar-refractivity contribution in [2.45, 2.75) is 46.4 Å². The number of carbonyl (C=O) groups is 1. The second kappa shape index (κ2) is 5.82. The van der Waals surface area contributed by atoms with E-state index >= 15 is 0 Å². The van der Waals surface area contributed by atoms with Crippen LogP contribution in [0.1, 0.15) is 37.6 Å². The van der Waals surface area contributed by atoms with Gasteiger partial charge < -0.3 is 9.47 Å². The molecule has 1 aliphatic rings. The minimum absolute atomic E-state index is 0.0541. The number of hydrogen-bond acceptors (Lipinski definition) is 5. The van der Waals surface area contributed by atoms with Gasteiger partial charge in [0.25, 0.3) is 0 Å². The summed E-state index contributed by atoms with van der Waals surface area (Å²) >= 11 is 0. The zero-order valence-electron chi connectivity index (χ0n) is 13.1. The summed E-state index contributed by atoms with van der Waals surface area (Å²) < 4.78 is 14.5. The van der Waals surface area contributed by atoms with E-state index in [4.69, 9.17) is 9.47 Å². The Bertz CT molecular complexity index is 689. The van der Waals surface area contributed by atoms with Gasteiger partial charge in [-0.1, -0.05) is 0 Å². The molecular weight excluding hydrogens is 284 g/mol. The second-order valence-electron chi connectivity index (χ2n) is 5.25. The molecule has 3 rings (SSSR count). The topological polar surface area (TPSA) is 71.2 Å². The van der Waals surface area contributed by atoms with Crippen LogP contribution in [0.2, 0.25) is 0 Å². The van der Waals surface area contributed by atoms with Gasteiger partial charge in [0.15, 0.2) is 5.56 Å². The smallest absolute Gasteiger partial charge is 0.346 e. The maximum Gasteiger partial charge on any atom is 0.346 e. The first-order valence-corrected chi connectivity index (χ1v) is 7.62.